The van der Waals surface area contributed by atoms with Crippen LogP contribution >= 0.6 is 11.6 Å². The van der Waals surface area contributed by atoms with Crippen LogP contribution in [0.1, 0.15) is 12.5 Å². The third-order valence-corrected chi connectivity index (χ3v) is 4.03. The highest BCUT2D eigenvalue weighted by atomic mass is 35.5. The summed E-state index contributed by atoms with van der Waals surface area (Å²) in [5, 5.41) is 9.52. The minimum absolute atomic E-state index is 0.0472. The van der Waals surface area contributed by atoms with Crippen LogP contribution in [0.3, 0.4) is 0 Å². The predicted molar refractivity (Wildman–Crippen MR) is 78.6 cm³/mol. The van der Waals surface area contributed by atoms with Gasteiger partial charge in [-0.3, -0.25) is 9.59 Å². The van der Waals surface area contributed by atoms with E-state index in [1.165, 1.54) is 4.90 Å². The Morgan fingerprint density at radius 2 is 2.14 bits per heavy atom. The molecule has 0 radical (unpaired) electrons. The Labute approximate surface area is 128 Å². The van der Waals surface area contributed by atoms with E-state index < -0.39 is 11.9 Å². The van der Waals surface area contributed by atoms with Gasteiger partial charge in [-0.25, -0.2) is 0 Å². The predicted octanol–water partition coefficient (Wildman–Crippen LogP) is 2.21. The van der Waals surface area contributed by atoms with Gasteiger partial charge in [-0.15, -0.1) is 0 Å². The van der Waals surface area contributed by atoms with Crippen LogP contribution in [0.25, 0.3) is 0 Å². The van der Waals surface area contributed by atoms with Crippen molar-refractivity contribution in [1.29, 1.82) is 0 Å². The molecule has 1 aliphatic rings. The first-order valence-electron chi connectivity index (χ1n) is 6.78. The summed E-state index contributed by atoms with van der Waals surface area (Å²) in [6.45, 7) is 4.29. The minimum Gasteiger partial charge on any atom is -0.482 e. The van der Waals surface area contributed by atoms with Crippen LogP contribution in [0.5, 0.6) is 5.75 Å². The van der Waals surface area contributed by atoms with E-state index in [4.69, 9.17) is 21.4 Å². The monoisotopic (exact) mass is 311 g/mol. The van der Waals surface area contributed by atoms with Gasteiger partial charge < -0.3 is 14.7 Å². The number of carbonyl (C=O) groups is 2. The second-order valence-corrected chi connectivity index (χ2v) is 5.85. The maximum absolute atomic E-state index is 12.1. The lowest BCUT2D eigenvalue weighted by Gasteiger charge is -2.16. The highest BCUT2D eigenvalue weighted by Gasteiger charge is 2.36. The molecule has 1 saturated heterocycles. The van der Waals surface area contributed by atoms with Gasteiger partial charge in [0.05, 0.1) is 10.9 Å². The van der Waals surface area contributed by atoms with Gasteiger partial charge >= 0.3 is 5.97 Å². The molecule has 0 saturated carbocycles. The lowest BCUT2D eigenvalue weighted by Crippen LogP contribution is -2.33. The average molecular weight is 312 g/mol. The lowest BCUT2D eigenvalue weighted by atomic mass is 9.99. The first kappa shape index (κ1) is 15.6. The summed E-state index contributed by atoms with van der Waals surface area (Å²) in [5.41, 5.74) is 0.989. The average Bonchev–Trinajstić information content (AvgIpc) is 2.82. The maximum atomic E-state index is 12.1. The molecule has 0 spiro atoms. The summed E-state index contributed by atoms with van der Waals surface area (Å²) in [4.78, 5) is 24.7. The summed E-state index contributed by atoms with van der Waals surface area (Å²) in [7, 11) is 0. The van der Waals surface area contributed by atoms with Crippen molar-refractivity contribution in [1.82, 2.24) is 4.90 Å². The number of rotatable bonds is 4. The molecule has 0 unspecified atom stereocenters. The normalized spacial score (nSPS) is 21.4. The maximum Gasteiger partial charge on any atom is 0.308 e. The Hall–Kier alpha value is -1.75. The van der Waals surface area contributed by atoms with E-state index in [1.807, 2.05) is 19.9 Å². The van der Waals surface area contributed by atoms with E-state index in [-0.39, 0.29) is 25.0 Å². The fraction of sp³-hybridized carbons (Fsp3) is 0.467. The molecule has 1 aromatic carbocycles. The fourth-order valence-electron chi connectivity index (χ4n) is 2.44. The van der Waals surface area contributed by atoms with Gasteiger partial charge in [0, 0.05) is 13.1 Å². The van der Waals surface area contributed by atoms with Crippen LogP contribution in [0.15, 0.2) is 18.2 Å². The smallest absolute Gasteiger partial charge is 0.308 e. The van der Waals surface area contributed by atoms with E-state index in [1.54, 1.807) is 12.1 Å². The second kappa shape index (κ2) is 6.35. The fourth-order valence-corrected chi connectivity index (χ4v) is 2.62. The third-order valence-electron chi connectivity index (χ3n) is 3.72. The Balaban J connectivity index is 1.94. The van der Waals surface area contributed by atoms with E-state index in [2.05, 4.69) is 0 Å². The summed E-state index contributed by atoms with van der Waals surface area (Å²) in [6.07, 6.45) is 0. The number of carboxylic acid groups (broad SMARTS) is 1. The van der Waals surface area contributed by atoms with Crippen molar-refractivity contribution in [3.8, 4) is 5.75 Å². The molecule has 5 nitrogen and oxygen atoms in total. The Morgan fingerprint density at radius 3 is 2.76 bits per heavy atom. The number of ether oxygens (including phenoxy) is 1. The van der Waals surface area contributed by atoms with Gasteiger partial charge in [-0.05, 0) is 30.5 Å². The number of aryl methyl sites for hydroxylation is 1. The molecule has 0 aliphatic carbocycles. The van der Waals surface area contributed by atoms with Gasteiger partial charge in [0.25, 0.3) is 5.91 Å². The van der Waals surface area contributed by atoms with Crippen molar-refractivity contribution < 1.29 is 19.4 Å². The molecule has 0 bridgehead atoms. The number of aliphatic carboxylic acids is 1. The van der Waals surface area contributed by atoms with Crippen LogP contribution in [0, 0.1) is 18.8 Å². The number of carbonyl (C=O) groups excluding carboxylic acids is 1. The van der Waals surface area contributed by atoms with Crippen molar-refractivity contribution in [2.45, 2.75) is 13.8 Å². The quantitative estimate of drug-likeness (QED) is 0.925. The van der Waals surface area contributed by atoms with Crippen molar-refractivity contribution >= 4 is 23.5 Å². The zero-order chi connectivity index (χ0) is 15.6. The molecule has 1 heterocycles. The molecule has 6 heteroatoms. The molecular formula is C15H18ClNO4. The summed E-state index contributed by atoms with van der Waals surface area (Å²) >= 11 is 6.00. The van der Waals surface area contributed by atoms with E-state index in [9.17, 15) is 9.59 Å². The number of likely N-dealkylation sites (tertiary alicyclic amines) is 1. The number of carboxylic acids is 1. The molecule has 21 heavy (non-hydrogen) atoms. The second-order valence-electron chi connectivity index (χ2n) is 5.44. The van der Waals surface area contributed by atoms with Gasteiger partial charge in [0.15, 0.2) is 6.61 Å². The molecule has 1 aromatic rings. The van der Waals surface area contributed by atoms with Crippen molar-refractivity contribution in [3.63, 3.8) is 0 Å². The number of hydrogen-bond acceptors (Lipinski definition) is 3. The SMILES string of the molecule is Cc1ccc(Cl)c(OCC(=O)N2C[C@@H](C)[C@H](C(=O)O)C2)c1. The van der Waals surface area contributed by atoms with Gasteiger partial charge in [-0.1, -0.05) is 24.6 Å². The zero-order valence-electron chi connectivity index (χ0n) is 12.0. The zero-order valence-corrected chi connectivity index (χ0v) is 12.8. The van der Waals surface area contributed by atoms with Gasteiger partial charge in [-0.2, -0.15) is 0 Å². The molecule has 1 N–H and O–H groups in total. The Morgan fingerprint density at radius 1 is 1.43 bits per heavy atom. The van der Waals surface area contributed by atoms with Crippen molar-refractivity contribution in [3.05, 3.63) is 28.8 Å². The first-order valence-corrected chi connectivity index (χ1v) is 7.16. The molecule has 1 fully saturated rings. The molecule has 114 valence electrons. The molecule has 1 amide bonds. The molecule has 1 aliphatic heterocycles. The number of halogens is 1. The highest BCUT2D eigenvalue weighted by Crippen LogP contribution is 2.26. The summed E-state index contributed by atoms with van der Waals surface area (Å²) in [6, 6.07) is 5.34. The summed E-state index contributed by atoms with van der Waals surface area (Å²) in [5.74, 6) is -1.17. The Bertz CT molecular complexity index is 561. The topological polar surface area (TPSA) is 66.8 Å². The van der Waals surface area contributed by atoms with Crippen LogP contribution in [-0.4, -0.2) is 41.6 Å². The van der Waals surface area contributed by atoms with Gasteiger partial charge in [0.1, 0.15) is 5.75 Å². The van der Waals surface area contributed by atoms with Crippen LogP contribution < -0.4 is 4.74 Å². The summed E-state index contributed by atoms with van der Waals surface area (Å²) < 4.78 is 5.45. The number of hydrogen-bond donors (Lipinski definition) is 1. The number of amides is 1. The lowest BCUT2D eigenvalue weighted by molar-refractivity contribution is -0.142. The van der Waals surface area contributed by atoms with E-state index in [0.29, 0.717) is 17.3 Å². The van der Waals surface area contributed by atoms with Crippen LogP contribution in [-0.2, 0) is 9.59 Å². The largest absolute Gasteiger partial charge is 0.482 e. The first-order chi connectivity index (χ1) is 9.88. The number of benzene rings is 1. The standard InChI is InChI=1S/C15H18ClNO4/c1-9-3-4-12(16)13(5-9)21-8-14(18)17-6-10(2)11(7-17)15(19)20/h3-5,10-11H,6-8H2,1-2H3,(H,19,20)/t10-,11-/m1/s1. The van der Waals surface area contributed by atoms with Crippen molar-refractivity contribution in [2.24, 2.45) is 11.8 Å². The highest BCUT2D eigenvalue weighted by molar-refractivity contribution is 6.32. The third kappa shape index (κ3) is 3.67. The molecular weight excluding hydrogens is 294 g/mol. The van der Waals surface area contributed by atoms with E-state index >= 15 is 0 Å². The minimum atomic E-state index is -0.861. The van der Waals surface area contributed by atoms with Gasteiger partial charge in [0.2, 0.25) is 0 Å². The van der Waals surface area contributed by atoms with E-state index in [0.717, 1.165) is 5.56 Å². The number of nitrogens with zero attached hydrogens (tertiary/aromatic N) is 1. The molecule has 2 rings (SSSR count). The molecule has 2 atom stereocenters. The Kier molecular flexibility index (Phi) is 4.73. The van der Waals surface area contributed by atoms with Crippen LogP contribution in [0.4, 0.5) is 0 Å². The van der Waals surface area contributed by atoms with Crippen molar-refractivity contribution in [2.75, 3.05) is 19.7 Å². The molecule has 0 aromatic heterocycles. The van der Waals surface area contributed by atoms with Crippen LogP contribution in [0.2, 0.25) is 5.02 Å².